The summed E-state index contributed by atoms with van der Waals surface area (Å²) in [6, 6.07) is 9.16. The van der Waals surface area contributed by atoms with Crippen molar-refractivity contribution in [2.45, 2.75) is 39.5 Å². The Morgan fingerprint density at radius 3 is 2.07 bits per heavy atom. The lowest BCUT2D eigenvalue weighted by Gasteiger charge is -2.04. The molecule has 0 amide bonds. The van der Waals surface area contributed by atoms with Gasteiger partial charge in [-0.25, -0.2) is 8.42 Å². The predicted octanol–water partition coefficient (Wildman–Crippen LogP) is 2.50. The van der Waals surface area contributed by atoms with Crippen LogP contribution in [0.5, 0.6) is 0 Å². The van der Waals surface area contributed by atoms with Crippen LogP contribution < -0.4 is 0 Å². The third kappa shape index (κ3) is 8.42. The van der Waals surface area contributed by atoms with Gasteiger partial charge in [-0.3, -0.25) is 4.28 Å². The fourth-order valence-corrected chi connectivity index (χ4v) is 4.13. The van der Waals surface area contributed by atoms with Gasteiger partial charge in [0, 0.05) is 11.1 Å². The second kappa shape index (κ2) is 11.3. The third-order valence-corrected chi connectivity index (χ3v) is 5.95. The van der Waals surface area contributed by atoms with E-state index in [0.717, 1.165) is 0 Å². The largest absolute Gasteiger partial charge is 0.328 e. The molecule has 0 atom stereocenters. The quantitative estimate of drug-likeness (QED) is 0.380. The van der Waals surface area contributed by atoms with Gasteiger partial charge >= 0.3 is 10.1 Å². The van der Waals surface area contributed by atoms with E-state index < -0.39 is 20.1 Å². The van der Waals surface area contributed by atoms with Gasteiger partial charge in [-0.05, 0) is 18.9 Å². The van der Waals surface area contributed by atoms with Crippen molar-refractivity contribution in [3.63, 3.8) is 0 Å². The van der Waals surface area contributed by atoms with E-state index >= 15 is 0 Å². The maximum absolute atomic E-state index is 12.0. The zero-order valence-corrected chi connectivity index (χ0v) is 17.8. The first-order chi connectivity index (χ1) is 13.7. The molecule has 0 spiro atoms. The maximum atomic E-state index is 12.0. The smallest absolute Gasteiger partial charge is 0.267 e. The second-order valence-corrected chi connectivity index (χ2v) is 9.44. The average Bonchev–Trinajstić information content (AvgIpc) is 2.69. The van der Waals surface area contributed by atoms with Crippen LogP contribution in [0.4, 0.5) is 0 Å². The number of unbranched alkanes of at least 4 members (excludes halogenated alkanes) is 2. The molecule has 0 bridgehead atoms. The van der Waals surface area contributed by atoms with Gasteiger partial charge in [0.05, 0.1) is 11.5 Å². The topological polar surface area (TPSA) is 150 Å². The molecule has 1 rings (SSSR count). The summed E-state index contributed by atoms with van der Waals surface area (Å²) in [5, 5.41) is 22.0. The number of oxime groups is 1. The van der Waals surface area contributed by atoms with E-state index in [2.05, 4.69) is 13.8 Å². The summed E-state index contributed by atoms with van der Waals surface area (Å²) < 4.78 is 55.6. The first-order valence-electron chi connectivity index (χ1n) is 8.91. The standard InChI is InChI=1S/C18H22N4O5S2/c1-3-5-10-28(23,24)22-18(14-20)16-9-7-8-15(12-16)17(13-19)21-27-29(25,26)11-6-4-2/h7-9,12H,3-6,10-11H2,1-2H3/b21-17?,22-18+. The maximum Gasteiger partial charge on any atom is 0.328 e. The summed E-state index contributed by atoms with van der Waals surface area (Å²) in [7, 11) is -7.73. The molecular formula is C18H22N4O5S2. The summed E-state index contributed by atoms with van der Waals surface area (Å²) >= 11 is 0. The lowest BCUT2D eigenvalue weighted by molar-refractivity contribution is 0.339. The van der Waals surface area contributed by atoms with Crippen molar-refractivity contribution in [3.05, 3.63) is 35.4 Å². The molecule has 0 fully saturated rings. The Bertz CT molecular complexity index is 1060. The van der Waals surface area contributed by atoms with Crippen LogP contribution in [-0.2, 0) is 24.4 Å². The summed E-state index contributed by atoms with van der Waals surface area (Å²) in [6.45, 7) is 3.66. The van der Waals surface area contributed by atoms with E-state index in [9.17, 15) is 27.4 Å². The third-order valence-electron chi connectivity index (χ3n) is 3.60. The van der Waals surface area contributed by atoms with Crippen molar-refractivity contribution >= 4 is 31.6 Å². The minimum Gasteiger partial charge on any atom is -0.267 e. The van der Waals surface area contributed by atoms with Crippen LogP contribution in [0.2, 0.25) is 0 Å². The molecule has 0 radical (unpaired) electrons. The minimum atomic E-state index is -3.91. The molecule has 0 heterocycles. The SMILES string of the molecule is CCCCS(=O)(=O)/N=C(\C#N)c1cccc(C(C#N)=NOS(=O)(=O)CCCC)c1. The molecule has 1 aromatic rings. The van der Waals surface area contributed by atoms with Crippen LogP contribution in [0.25, 0.3) is 0 Å². The first-order valence-corrected chi connectivity index (χ1v) is 12.1. The Balaban J connectivity index is 3.22. The molecule has 0 aromatic heterocycles. The molecule has 0 saturated carbocycles. The number of nitriles is 2. The Morgan fingerprint density at radius 1 is 0.966 bits per heavy atom. The van der Waals surface area contributed by atoms with E-state index in [1.165, 1.54) is 24.3 Å². The highest BCUT2D eigenvalue weighted by Crippen LogP contribution is 2.11. The lowest BCUT2D eigenvalue weighted by Crippen LogP contribution is -2.10. The monoisotopic (exact) mass is 438 g/mol. The first kappa shape index (κ1) is 24.3. The molecule has 156 valence electrons. The second-order valence-electron chi connectivity index (χ2n) is 6.01. The Kier molecular flexibility index (Phi) is 9.45. The summed E-state index contributed by atoms with van der Waals surface area (Å²) in [4.78, 5) is 0. The Morgan fingerprint density at radius 2 is 1.52 bits per heavy atom. The number of rotatable bonds is 11. The van der Waals surface area contributed by atoms with Gasteiger partial charge in [0.25, 0.3) is 10.0 Å². The molecule has 0 unspecified atom stereocenters. The van der Waals surface area contributed by atoms with Crippen molar-refractivity contribution in [1.82, 2.24) is 0 Å². The molecule has 0 saturated heterocycles. The zero-order chi connectivity index (χ0) is 21.9. The zero-order valence-electron chi connectivity index (χ0n) is 16.2. The fraction of sp³-hybridized carbons (Fsp3) is 0.444. The van der Waals surface area contributed by atoms with Crippen LogP contribution in [0.3, 0.4) is 0 Å². The number of hydrogen-bond acceptors (Lipinski definition) is 8. The van der Waals surface area contributed by atoms with E-state index in [-0.39, 0.29) is 34.1 Å². The minimum absolute atomic E-state index is 0.155. The molecule has 11 heteroatoms. The van der Waals surface area contributed by atoms with Crippen LogP contribution in [0.15, 0.2) is 33.8 Å². The predicted molar refractivity (Wildman–Crippen MR) is 109 cm³/mol. The van der Waals surface area contributed by atoms with Crippen LogP contribution in [0.1, 0.15) is 50.7 Å². The highest BCUT2D eigenvalue weighted by atomic mass is 32.2. The summed E-state index contributed by atoms with van der Waals surface area (Å²) in [5.41, 5.74) is -0.360. The average molecular weight is 439 g/mol. The van der Waals surface area contributed by atoms with Gasteiger partial charge in [-0.15, -0.1) is 0 Å². The molecular weight excluding hydrogens is 416 g/mol. The van der Waals surface area contributed by atoms with Gasteiger partial charge in [-0.2, -0.15) is 23.3 Å². The van der Waals surface area contributed by atoms with Crippen LogP contribution in [0, 0.1) is 22.7 Å². The number of sulfonamides is 1. The lowest BCUT2D eigenvalue weighted by atomic mass is 10.0. The van der Waals surface area contributed by atoms with E-state index in [1.807, 2.05) is 13.8 Å². The molecule has 9 nitrogen and oxygen atoms in total. The van der Waals surface area contributed by atoms with Crippen molar-refractivity contribution in [2.24, 2.45) is 9.55 Å². The molecule has 1 aromatic carbocycles. The fourth-order valence-electron chi connectivity index (χ4n) is 2.05. The molecule has 0 N–H and O–H groups in total. The molecule has 0 aliphatic rings. The van der Waals surface area contributed by atoms with E-state index in [0.29, 0.717) is 25.7 Å². The van der Waals surface area contributed by atoms with E-state index in [4.69, 9.17) is 0 Å². The van der Waals surface area contributed by atoms with Crippen molar-refractivity contribution in [3.8, 4) is 12.1 Å². The van der Waals surface area contributed by atoms with Gasteiger partial charge in [0.2, 0.25) is 0 Å². The van der Waals surface area contributed by atoms with Gasteiger partial charge in [-0.1, -0.05) is 50.0 Å². The molecule has 29 heavy (non-hydrogen) atoms. The molecule has 0 aliphatic carbocycles. The van der Waals surface area contributed by atoms with Gasteiger partial charge < -0.3 is 0 Å². The molecule has 0 aliphatic heterocycles. The highest BCUT2D eigenvalue weighted by Gasteiger charge is 2.15. The summed E-state index contributed by atoms with van der Waals surface area (Å²) in [6.07, 6.45) is 2.12. The Labute approximate surface area is 171 Å². The highest BCUT2D eigenvalue weighted by molar-refractivity contribution is 7.90. The van der Waals surface area contributed by atoms with Gasteiger partial charge in [0.15, 0.2) is 11.4 Å². The van der Waals surface area contributed by atoms with E-state index in [1.54, 1.807) is 12.1 Å². The van der Waals surface area contributed by atoms with Crippen LogP contribution in [-0.4, -0.2) is 39.8 Å². The van der Waals surface area contributed by atoms with Crippen LogP contribution >= 0.6 is 0 Å². The number of nitrogens with zero attached hydrogens (tertiary/aromatic N) is 4. The van der Waals surface area contributed by atoms with Crippen molar-refractivity contribution in [2.75, 3.05) is 11.5 Å². The van der Waals surface area contributed by atoms with Crippen molar-refractivity contribution < 1.29 is 21.1 Å². The number of hydrogen-bond donors (Lipinski definition) is 0. The number of benzene rings is 1. The Hall–Kier alpha value is -2.76. The van der Waals surface area contributed by atoms with Crippen molar-refractivity contribution in [1.29, 1.82) is 10.5 Å². The normalized spacial score (nSPS) is 12.8. The summed E-state index contributed by atoms with van der Waals surface area (Å²) in [5.74, 6) is -0.407. The van der Waals surface area contributed by atoms with Gasteiger partial charge in [0.1, 0.15) is 12.1 Å².